The molecule has 0 fully saturated rings. The number of hydrogen-bond acceptors (Lipinski definition) is 7. The highest BCUT2D eigenvalue weighted by Gasteiger charge is 2.20. The largest absolute Gasteiger partial charge is 0.480 e. The first-order valence-corrected chi connectivity index (χ1v) is 8.82. The van der Waals surface area contributed by atoms with Gasteiger partial charge in [0.25, 0.3) is 0 Å². The standard InChI is InChI=1S/C19H24N6O2/c1-12-15(11-25(2)24-12)8-22-18-10-21-17(9-23-18)14-5-3-13(4-6-14)7-16(20)19(26)27/h3-6,9-10,15-16H,7-8,11,20H2,1-2H3,(H,22,23)(H,26,27)/t15?,16-/m0/s1. The highest BCUT2D eigenvalue weighted by atomic mass is 16.4. The Morgan fingerprint density at radius 2 is 2.07 bits per heavy atom. The zero-order valence-corrected chi connectivity index (χ0v) is 15.5. The molecule has 0 spiro atoms. The monoisotopic (exact) mass is 368 g/mol. The SMILES string of the molecule is CC1=NN(C)CC1CNc1cnc(-c2ccc(C[C@H](N)C(=O)O)cc2)cn1. The molecule has 2 atom stereocenters. The Morgan fingerprint density at radius 3 is 2.63 bits per heavy atom. The molecule has 8 heteroatoms. The van der Waals surface area contributed by atoms with Crippen LogP contribution in [0.5, 0.6) is 0 Å². The number of carboxylic acid groups (broad SMARTS) is 1. The fourth-order valence-electron chi connectivity index (χ4n) is 3.00. The van der Waals surface area contributed by atoms with Crippen molar-refractivity contribution in [2.75, 3.05) is 25.5 Å². The average molecular weight is 368 g/mol. The molecule has 142 valence electrons. The number of nitrogens with one attached hydrogen (secondary N) is 1. The number of hydrazone groups is 1. The summed E-state index contributed by atoms with van der Waals surface area (Å²) in [6, 6.07) is 6.63. The zero-order valence-electron chi connectivity index (χ0n) is 15.5. The van der Waals surface area contributed by atoms with E-state index in [-0.39, 0.29) is 0 Å². The second-order valence-corrected chi connectivity index (χ2v) is 6.79. The lowest BCUT2D eigenvalue weighted by atomic mass is 10.0. The van der Waals surface area contributed by atoms with Crippen LogP contribution >= 0.6 is 0 Å². The summed E-state index contributed by atoms with van der Waals surface area (Å²) in [7, 11) is 1.97. The molecule has 0 saturated carbocycles. The lowest BCUT2D eigenvalue weighted by Gasteiger charge is -2.13. The van der Waals surface area contributed by atoms with Crippen molar-refractivity contribution in [2.45, 2.75) is 19.4 Å². The Morgan fingerprint density at radius 1 is 1.33 bits per heavy atom. The second-order valence-electron chi connectivity index (χ2n) is 6.79. The van der Waals surface area contributed by atoms with Gasteiger partial charge in [0.15, 0.2) is 0 Å². The van der Waals surface area contributed by atoms with E-state index in [1.54, 1.807) is 12.4 Å². The topological polar surface area (TPSA) is 117 Å². The molecular weight excluding hydrogens is 344 g/mol. The first kappa shape index (κ1) is 18.8. The van der Waals surface area contributed by atoms with Crippen LogP contribution in [0.4, 0.5) is 5.82 Å². The van der Waals surface area contributed by atoms with Gasteiger partial charge in [0.1, 0.15) is 11.9 Å². The van der Waals surface area contributed by atoms with Crippen LogP contribution in [0.2, 0.25) is 0 Å². The number of benzene rings is 1. The maximum Gasteiger partial charge on any atom is 0.320 e. The van der Waals surface area contributed by atoms with Gasteiger partial charge in [-0.15, -0.1) is 0 Å². The maximum absolute atomic E-state index is 10.8. The lowest BCUT2D eigenvalue weighted by Crippen LogP contribution is -2.32. The van der Waals surface area contributed by atoms with Crippen LogP contribution in [0.3, 0.4) is 0 Å². The van der Waals surface area contributed by atoms with Crippen molar-refractivity contribution in [3.05, 3.63) is 42.2 Å². The van der Waals surface area contributed by atoms with Crippen molar-refractivity contribution >= 4 is 17.5 Å². The molecule has 0 amide bonds. The normalized spacial score (nSPS) is 17.5. The third kappa shape index (κ3) is 4.79. The van der Waals surface area contributed by atoms with Gasteiger partial charge in [-0.3, -0.25) is 14.8 Å². The van der Waals surface area contributed by atoms with Crippen molar-refractivity contribution in [1.29, 1.82) is 0 Å². The van der Waals surface area contributed by atoms with E-state index in [2.05, 4.69) is 20.4 Å². The van der Waals surface area contributed by atoms with Crippen molar-refractivity contribution in [3.8, 4) is 11.3 Å². The van der Waals surface area contributed by atoms with E-state index in [0.717, 1.165) is 41.4 Å². The predicted molar refractivity (Wildman–Crippen MR) is 105 cm³/mol. The molecule has 27 heavy (non-hydrogen) atoms. The van der Waals surface area contributed by atoms with E-state index < -0.39 is 12.0 Å². The summed E-state index contributed by atoms with van der Waals surface area (Å²) in [4.78, 5) is 19.7. The van der Waals surface area contributed by atoms with Gasteiger partial charge in [0.05, 0.1) is 18.1 Å². The summed E-state index contributed by atoms with van der Waals surface area (Å²) >= 11 is 0. The van der Waals surface area contributed by atoms with Gasteiger partial charge >= 0.3 is 5.97 Å². The van der Waals surface area contributed by atoms with Gasteiger partial charge in [-0.25, -0.2) is 4.98 Å². The molecule has 1 aromatic heterocycles. The van der Waals surface area contributed by atoms with Gasteiger partial charge < -0.3 is 16.2 Å². The summed E-state index contributed by atoms with van der Waals surface area (Å²) in [5.41, 5.74) is 9.24. The quantitative estimate of drug-likeness (QED) is 0.677. The Balaban J connectivity index is 1.58. The summed E-state index contributed by atoms with van der Waals surface area (Å²) in [5, 5.41) is 18.5. The number of carbonyl (C=O) groups is 1. The Bertz CT molecular complexity index is 819. The number of rotatable bonds is 7. The van der Waals surface area contributed by atoms with E-state index in [0.29, 0.717) is 12.3 Å². The summed E-state index contributed by atoms with van der Waals surface area (Å²) < 4.78 is 0. The summed E-state index contributed by atoms with van der Waals surface area (Å²) in [6.45, 7) is 3.71. The van der Waals surface area contributed by atoms with Crippen molar-refractivity contribution < 1.29 is 9.90 Å². The number of carboxylic acids is 1. The molecule has 8 nitrogen and oxygen atoms in total. The van der Waals surface area contributed by atoms with Gasteiger partial charge in [-0.1, -0.05) is 24.3 Å². The molecular formula is C19H24N6O2. The van der Waals surface area contributed by atoms with E-state index >= 15 is 0 Å². The third-order valence-electron chi connectivity index (χ3n) is 4.61. The fraction of sp³-hybridized carbons (Fsp3) is 0.368. The first-order chi connectivity index (χ1) is 12.9. The van der Waals surface area contributed by atoms with E-state index in [9.17, 15) is 4.79 Å². The van der Waals surface area contributed by atoms with E-state index in [1.165, 1.54) is 0 Å². The third-order valence-corrected chi connectivity index (χ3v) is 4.61. The molecule has 2 heterocycles. The number of nitrogens with zero attached hydrogens (tertiary/aromatic N) is 4. The van der Waals surface area contributed by atoms with Crippen LogP contribution in [0.1, 0.15) is 12.5 Å². The molecule has 0 saturated heterocycles. The number of hydrogen-bond donors (Lipinski definition) is 3. The Hall–Kier alpha value is -3.00. The van der Waals surface area contributed by atoms with Crippen molar-refractivity contribution in [1.82, 2.24) is 15.0 Å². The predicted octanol–water partition coefficient (Wildman–Crippen LogP) is 1.45. The molecule has 4 N–H and O–H groups in total. The molecule has 0 bridgehead atoms. The lowest BCUT2D eigenvalue weighted by molar-refractivity contribution is -0.138. The number of nitrogens with two attached hydrogens (primary N) is 1. The van der Waals surface area contributed by atoms with Crippen LogP contribution in [0.15, 0.2) is 41.8 Å². The molecule has 2 aromatic rings. The minimum absolute atomic E-state index is 0.295. The minimum Gasteiger partial charge on any atom is -0.480 e. The number of anilines is 1. The molecule has 0 aliphatic carbocycles. The van der Waals surface area contributed by atoms with Gasteiger partial charge in [-0.2, -0.15) is 5.10 Å². The highest BCUT2D eigenvalue weighted by molar-refractivity contribution is 5.86. The van der Waals surface area contributed by atoms with Crippen LogP contribution in [0.25, 0.3) is 11.3 Å². The smallest absolute Gasteiger partial charge is 0.320 e. The average Bonchev–Trinajstić information content (AvgIpc) is 2.98. The zero-order chi connectivity index (χ0) is 19.4. The Labute approximate surface area is 158 Å². The van der Waals surface area contributed by atoms with Crippen molar-refractivity contribution in [3.63, 3.8) is 0 Å². The van der Waals surface area contributed by atoms with Crippen LogP contribution in [0, 0.1) is 5.92 Å². The van der Waals surface area contributed by atoms with Crippen LogP contribution in [-0.4, -0.2) is 57.9 Å². The van der Waals surface area contributed by atoms with Crippen LogP contribution < -0.4 is 11.1 Å². The maximum atomic E-state index is 10.8. The van der Waals surface area contributed by atoms with E-state index in [4.69, 9.17) is 10.8 Å². The molecule has 1 aliphatic heterocycles. The van der Waals surface area contributed by atoms with Crippen molar-refractivity contribution in [2.24, 2.45) is 16.8 Å². The molecule has 1 unspecified atom stereocenters. The molecule has 1 aromatic carbocycles. The van der Waals surface area contributed by atoms with Gasteiger partial charge in [0, 0.05) is 37.3 Å². The summed E-state index contributed by atoms with van der Waals surface area (Å²) in [6.07, 6.45) is 3.74. The second kappa shape index (κ2) is 8.13. The first-order valence-electron chi connectivity index (χ1n) is 8.82. The van der Waals surface area contributed by atoms with Gasteiger partial charge in [-0.05, 0) is 18.9 Å². The fourth-order valence-corrected chi connectivity index (χ4v) is 3.00. The molecule has 0 radical (unpaired) electrons. The summed E-state index contributed by atoms with van der Waals surface area (Å²) in [5.74, 6) is 0.102. The number of aliphatic carboxylic acids is 1. The minimum atomic E-state index is -1.00. The Kier molecular flexibility index (Phi) is 5.66. The van der Waals surface area contributed by atoms with Crippen LogP contribution in [-0.2, 0) is 11.2 Å². The highest BCUT2D eigenvalue weighted by Crippen LogP contribution is 2.19. The number of aromatic nitrogens is 2. The van der Waals surface area contributed by atoms with E-state index in [1.807, 2.05) is 43.2 Å². The molecule has 1 aliphatic rings. The molecule has 3 rings (SSSR count). The van der Waals surface area contributed by atoms with Gasteiger partial charge in [0.2, 0.25) is 0 Å².